The van der Waals surface area contributed by atoms with E-state index in [-0.39, 0.29) is 5.56 Å². The van der Waals surface area contributed by atoms with Crippen LogP contribution in [0.1, 0.15) is 16.7 Å². The second-order valence-electron chi connectivity index (χ2n) is 4.82. The zero-order chi connectivity index (χ0) is 13.4. The van der Waals surface area contributed by atoms with Crippen LogP contribution < -0.4 is 5.56 Å². The van der Waals surface area contributed by atoms with Crippen molar-refractivity contribution in [2.45, 2.75) is 20.4 Å². The van der Waals surface area contributed by atoms with E-state index in [1.807, 2.05) is 23.7 Å². The number of hydrogen-bond donors (Lipinski definition) is 0. The molecular weight excluding hydrogens is 254 g/mol. The Morgan fingerprint density at radius 1 is 1.11 bits per heavy atom. The fourth-order valence-electron chi connectivity index (χ4n) is 2.40. The lowest BCUT2D eigenvalue weighted by Gasteiger charge is -2.11. The average Bonchev–Trinajstić information content (AvgIpc) is 2.85. The van der Waals surface area contributed by atoms with Gasteiger partial charge in [-0.25, -0.2) is 0 Å². The zero-order valence-corrected chi connectivity index (χ0v) is 11.8. The Kier molecular flexibility index (Phi) is 2.99. The van der Waals surface area contributed by atoms with Crippen LogP contribution >= 0.6 is 11.3 Å². The minimum atomic E-state index is 0.0985. The average molecular weight is 269 g/mol. The van der Waals surface area contributed by atoms with E-state index in [0.29, 0.717) is 6.54 Å². The van der Waals surface area contributed by atoms with Crippen LogP contribution in [-0.2, 0) is 6.54 Å². The van der Waals surface area contributed by atoms with E-state index in [2.05, 4.69) is 32.0 Å². The van der Waals surface area contributed by atoms with E-state index in [4.69, 9.17) is 0 Å². The number of benzene rings is 1. The molecule has 2 nitrogen and oxygen atoms in total. The van der Waals surface area contributed by atoms with E-state index in [1.165, 1.54) is 16.7 Å². The number of hydrogen-bond acceptors (Lipinski definition) is 2. The molecular formula is C16H15NOS. The zero-order valence-electron chi connectivity index (χ0n) is 11.0. The Hall–Kier alpha value is -1.87. The maximum atomic E-state index is 12.4. The molecule has 0 saturated heterocycles. The van der Waals surface area contributed by atoms with Crippen molar-refractivity contribution < 1.29 is 0 Å². The van der Waals surface area contributed by atoms with Gasteiger partial charge in [0.2, 0.25) is 0 Å². The van der Waals surface area contributed by atoms with Crippen molar-refractivity contribution in [2.75, 3.05) is 0 Å². The summed E-state index contributed by atoms with van der Waals surface area (Å²) in [7, 11) is 0. The summed E-state index contributed by atoms with van der Waals surface area (Å²) in [4.78, 5) is 12.4. The van der Waals surface area contributed by atoms with Crippen molar-refractivity contribution in [3.05, 3.63) is 69.0 Å². The molecule has 0 aliphatic heterocycles. The van der Waals surface area contributed by atoms with Gasteiger partial charge in [-0.3, -0.25) is 4.79 Å². The van der Waals surface area contributed by atoms with Crippen molar-refractivity contribution in [1.82, 2.24) is 4.57 Å². The van der Waals surface area contributed by atoms with Crippen LogP contribution in [0.4, 0.5) is 0 Å². The first-order valence-electron chi connectivity index (χ1n) is 6.28. The van der Waals surface area contributed by atoms with Gasteiger partial charge >= 0.3 is 0 Å². The highest BCUT2D eigenvalue weighted by Crippen LogP contribution is 2.18. The quantitative estimate of drug-likeness (QED) is 0.695. The Bertz CT molecular complexity index is 778. The molecule has 3 heteroatoms. The maximum Gasteiger partial charge on any atom is 0.259 e. The van der Waals surface area contributed by atoms with Gasteiger partial charge in [0.05, 0.1) is 11.9 Å². The molecule has 0 bridgehead atoms. The first-order valence-corrected chi connectivity index (χ1v) is 7.16. The second-order valence-corrected chi connectivity index (χ2v) is 5.77. The fraction of sp³-hybridized carbons (Fsp3) is 0.188. The predicted molar refractivity (Wildman–Crippen MR) is 81.1 cm³/mol. The van der Waals surface area contributed by atoms with Gasteiger partial charge in [-0.1, -0.05) is 18.2 Å². The molecule has 0 radical (unpaired) electrons. The summed E-state index contributed by atoms with van der Waals surface area (Å²) >= 11 is 1.61. The lowest BCUT2D eigenvalue weighted by molar-refractivity contribution is 0.759. The van der Waals surface area contributed by atoms with Crippen LogP contribution in [0.5, 0.6) is 0 Å². The predicted octanol–water partition coefficient (Wildman–Crippen LogP) is 3.73. The molecule has 0 atom stereocenters. The minimum Gasteiger partial charge on any atom is -0.310 e. The number of fused-ring (bicyclic) bond motifs is 1. The molecule has 0 fully saturated rings. The number of thiophene rings is 1. The van der Waals surface area contributed by atoms with Crippen LogP contribution in [0.3, 0.4) is 0 Å². The first kappa shape index (κ1) is 12.2. The molecule has 0 N–H and O–H groups in total. The molecule has 0 amide bonds. The Morgan fingerprint density at radius 3 is 2.58 bits per heavy atom. The molecule has 3 rings (SSSR count). The van der Waals surface area contributed by atoms with Gasteiger partial charge < -0.3 is 4.57 Å². The Labute approximate surface area is 115 Å². The monoisotopic (exact) mass is 269 g/mol. The summed E-state index contributed by atoms with van der Waals surface area (Å²) in [5.41, 5.74) is 3.80. The molecule has 0 aliphatic carbocycles. The summed E-state index contributed by atoms with van der Waals surface area (Å²) in [6.45, 7) is 4.83. The largest absolute Gasteiger partial charge is 0.310 e. The van der Waals surface area contributed by atoms with E-state index in [1.54, 1.807) is 15.9 Å². The highest BCUT2D eigenvalue weighted by atomic mass is 32.1. The van der Waals surface area contributed by atoms with Gasteiger partial charge in [0, 0.05) is 10.9 Å². The second kappa shape index (κ2) is 4.67. The summed E-state index contributed by atoms with van der Waals surface area (Å²) in [6.07, 6.45) is 1.90. The SMILES string of the molecule is Cc1cccc(C)c1Cn1ccc2sccc2c1=O. The molecule has 0 spiro atoms. The van der Waals surface area contributed by atoms with Crippen molar-refractivity contribution >= 4 is 21.4 Å². The van der Waals surface area contributed by atoms with Crippen molar-refractivity contribution in [2.24, 2.45) is 0 Å². The van der Waals surface area contributed by atoms with Gasteiger partial charge in [0.15, 0.2) is 0 Å². The highest BCUT2D eigenvalue weighted by Gasteiger charge is 2.07. The third kappa shape index (κ3) is 2.10. The molecule has 0 saturated carbocycles. The van der Waals surface area contributed by atoms with Crippen molar-refractivity contribution in [1.29, 1.82) is 0 Å². The highest BCUT2D eigenvalue weighted by molar-refractivity contribution is 7.17. The molecule has 2 heterocycles. The van der Waals surface area contributed by atoms with Gasteiger partial charge in [0.25, 0.3) is 5.56 Å². The lowest BCUT2D eigenvalue weighted by Crippen LogP contribution is -2.20. The molecule has 96 valence electrons. The molecule has 0 aliphatic rings. The van der Waals surface area contributed by atoms with E-state index >= 15 is 0 Å². The topological polar surface area (TPSA) is 22.0 Å². The van der Waals surface area contributed by atoms with E-state index in [9.17, 15) is 4.79 Å². The number of rotatable bonds is 2. The smallest absolute Gasteiger partial charge is 0.259 e. The fourth-order valence-corrected chi connectivity index (χ4v) is 3.17. The standard InChI is InChI=1S/C16H15NOS/c1-11-4-3-5-12(2)14(11)10-17-8-6-15-13(16(17)18)7-9-19-15/h3-9H,10H2,1-2H3. The normalized spacial score (nSPS) is 11.1. The summed E-state index contributed by atoms with van der Waals surface area (Å²) in [5.74, 6) is 0. The minimum absolute atomic E-state index is 0.0985. The van der Waals surface area contributed by atoms with Crippen LogP contribution in [0.15, 0.2) is 46.7 Å². The molecule has 0 unspecified atom stereocenters. The number of aromatic nitrogens is 1. The summed E-state index contributed by atoms with van der Waals surface area (Å²) < 4.78 is 2.85. The Morgan fingerprint density at radius 2 is 1.84 bits per heavy atom. The number of pyridine rings is 1. The third-order valence-electron chi connectivity index (χ3n) is 3.57. The van der Waals surface area contributed by atoms with Crippen LogP contribution in [0.25, 0.3) is 10.1 Å². The first-order chi connectivity index (χ1) is 9.16. The summed E-state index contributed by atoms with van der Waals surface area (Å²) in [6, 6.07) is 10.2. The number of nitrogens with zero attached hydrogens (tertiary/aromatic N) is 1. The van der Waals surface area contributed by atoms with E-state index in [0.717, 1.165) is 10.1 Å². The van der Waals surface area contributed by atoms with Crippen LogP contribution in [0, 0.1) is 13.8 Å². The number of aryl methyl sites for hydroxylation is 2. The third-order valence-corrected chi connectivity index (χ3v) is 4.45. The molecule has 2 aromatic heterocycles. The molecule has 19 heavy (non-hydrogen) atoms. The van der Waals surface area contributed by atoms with Crippen molar-refractivity contribution in [3.63, 3.8) is 0 Å². The van der Waals surface area contributed by atoms with E-state index < -0.39 is 0 Å². The maximum absolute atomic E-state index is 12.4. The van der Waals surface area contributed by atoms with Gasteiger partial charge in [-0.15, -0.1) is 11.3 Å². The molecule has 1 aromatic carbocycles. The van der Waals surface area contributed by atoms with Crippen LogP contribution in [0.2, 0.25) is 0 Å². The van der Waals surface area contributed by atoms with Crippen molar-refractivity contribution in [3.8, 4) is 0 Å². The van der Waals surface area contributed by atoms with Gasteiger partial charge in [-0.05, 0) is 48.1 Å². The van der Waals surface area contributed by atoms with Gasteiger partial charge in [-0.2, -0.15) is 0 Å². The summed E-state index contributed by atoms with van der Waals surface area (Å²) in [5, 5.41) is 2.79. The lowest BCUT2D eigenvalue weighted by atomic mass is 10.0. The molecule has 3 aromatic rings. The Balaban J connectivity index is 2.11. The van der Waals surface area contributed by atoms with Gasteiger partial charge in [0.1, 0.15) is 0 Å². The van der Waals surface area contributed by atoms with Crippen LogP contribution in [-0.4, -0.2) is 4.57 Å².